The van der Waals surface area contributed by atoms with Crippen LogP contribution in [0, 0.1) is 0 Å². The van der Waals surface area contributed by atoms with E-state index >= 15 is 0 Å². The maximum atomic E-state index is 12.2. The fraction of sp³-hybridized carbons (Fsp3) is 0.446. The third-order valence-electron chi connectivity index (χ3n) is 13.4. The van der Waals surface area contributed by atoms with E-state index in [1.165, 1.54) is 12.1 Å². The van der Waals surface area contributed by atoms with Crippen molar-refractivity contribution in [3.05, 3.63) is 154 Å². The highest BCUT2D eigenvalue weighted by atomic mass is 16.6. The van der Waals surface area contributed by atoms with Gasteiger partial charge in [0.2, 0.25) is 5.88 Å². The van der Waals surface area contributed by atoms with E-state index < -0.39 is 22.4 Å². The summed E-state index contributed by atoms with van der Waals surface area (Å²) in [7, 11) is 0. The molecule has 4 aliphatic rings. The van der Waals surface area contributed by atoms with Crippen LogP contribution in [0.15, 0.2) is 109 Å². The molecule has 1 spiro atoms. The molecule has 7 N–H and O–H groups in total. The largest absolute Gasteiger partial charge is 0.508 e. The SMILES string of the molecule is CC(C)(C)OC(=O)CCN1CCC(O)(c2ccc(O)cc2CO)CC1.O=C1OC2(CCNCC2)c2ccc(OCc3ccccc3)nc21.OCc1cc(OCc2ccccc2)ccc1C1(O)CCNCC1. The molecular weight excluding hydrogens is 905 g/mol. The Bertz CT molecular complexity index is 2510. The molecular formula is C56H70N4O11. The van der Waals surface area contributed by atoms with E-state index in [-0.39, 0.29) is 30.9 Å². The Kier molecular flexibility index (Phi) is 17.9. The summed E-state index contributed by atoms with van der Waals surface area (Å²) >= 11 is 0. The average molecular weight is 975 g/mol. The van der Waals surface area contributed by atoms with Crippen LogP contribution in [0.3, 0.4) is 0 Å². The number of esters is 2. The minimum Gasteiger partial charge on any atom is -0.508 e. The molecule has 0 radical (unpaired) electrons. The third kappa shape index (κ3) is 14.2. The molecule has 0 amide bonds. The van der Waals surface area contributed by atoms with Crippen molar-refractivity contribution in [2.24, 2.45) is 0 Å². The number of phenols is 1. The zero-order chi connectivity index (χ0) is 50.5. The number of rotatable bonds is 13. The summed E-state index contributed by atoms with van der Waals surface area (Å²) in [5, 5.41) is 57.1. The lowest BCUT2D eigenvalue weighted by molar-refractivity contribution is -0.155. The van der Waals surface area contributed by atoms with Crippen LogP contribution in [0.4, 0.5) is 0 Å². The first-order valence-electron chi connectivity index (χ1n) is 24.7. The van der Waals surface area contributed by atoms with Gasteiger partial charge in [-0.15, -0.1) is 0 Å². The van der Waals surface area contributed by atoms with Gasteiger partial charge >= 0.3 is 11.9 Å². The predicted molar refractivity (Wildman–Crippen MR) is 267 cm³/mol. The van der Waals surface area contributed by atoms with Crippen LogP contribution >= 0.6 is 0 Å². The number of phenolic OH excluding ortho intramolecular Hbond substituents is 1. The predicted octanol–water partition coefficient (Wildman–Crippen LogP) is 6.64. The molecule has 15 nitrogen and oxygen atoms in total. The zero-order valence-corrected chi connectivity index (χ0v) is 41.2. The number of aromatic hydroxyl groups is 1. The van der Waals surface area contributed by atoms with Gasteiger partial charge in [-0.1, -0.05) is 72.8 Å². The van der Waals surface area contributed by atoms with E-state index in [4.69, 9.17) is 18.9 Å². The fourth-order valence-corrected chi connectivity index (χ4v) is 9.58. The van der Waals surface area contributed by atoms with Gasteiger partial charge < -0.3 is 60.0 Å². The number of aliphatic hydroxyl groups is 4. The molecule has 0 aliphatic carbocycles. The van der Waals surface area contributed by atoms with Gasteiger partial charge in [0.05, 0.1) is 30.8 Å². The molecule has 0 saturated carbocycles. The molecule has 3 saturated heterocycles. The lowest BCUT2D eigenvalue weighted by Gasteiger charge is -2.39. The second-order valence-corrected chi connectivity index (χ2v) is 19.7. The van der Waals surface area contributed by atoms with Gasteiger partial charge in [-0.2, -0.15) is 0 Å². The van der Waals surface area contributed by atoms with Crippen molar-refractivity contribution in [1.82, 2.24) is 20.5 Å². The minimum absolute atomic E-state index is 0.0752. The lowest BCUT2D eigenvalue weighted by Crippen LogP contribution is -2.43. The lowest BCUT2D eigenvalue weighted by atomic mass is 9.82. The highest BCUT2D eigenvalue weighted by molar-refractivity contribution is 5.93. The number of nitrogens with zero attached hydrogens (tertiary/aromatic N) is 2. The molecule has 15 heteroatoms. The van der Waals surface area contributed by atoms with Crippen molar-refractivity contribution in [2.45, 2.75) is 115 Å². The van der Waals surface area contributed by atoms with Gasteiger partial charge in [-0.25, -0.2) is 9.78 Å². The van der Waals surface area contributed by atoms with E-state index in [2.05, 4.69) is 20.5 Å². The summed E-state index contributed by atoms with van der Waals surface area (Å²) < 4.78 is 22.5. The molecule has 0 bridgehead atoms. The molecule has 4 aliphatic heterocycles. The summed E-state index contributed by atoms with van der Waals surface area (Å²) in [6.07, 6.45) is 4.25. The number of hydrogen-bond acceptors (Lipinski definition) is 15. The van der Waals surface area contributed by atoms with Crippen molar-refractivity contribution in [1.29, 1.82) is 0 Å². The van der Waals surface area contributed by atoms with Crippen molar-refractivity contribution in [2.75, 3.05) is 45.8 Å². The number of aliphatic hydroxyl groups excluding tert-OH is 2. The van der Waals surface area contributed by atoms with Gasteiger partial charge in [-0.3, -0.25) is 4.79 Å². The van der Waals surface area contributed by atoms with E-state index in [0.29, 0.717) is 93.4 Å². The smallest absolute Gasteiger partial charge is 0.358 e. The number of carbonyl (C=O) groups is 2. The number of ether oxygens (including phenoxy) is 4. The number of carbonyl (C=O) groups excluding carboxylic acids is 2. The molecule has 4 aromatic carbocycles. The molecule has 1 aromatic heterocycles. The van der Waals surface area contributed by atoms with Gasteiger partial charge in [-0.05, 0) is 136 Å². The molecule has 0 atom stereocenters. The number of pyridine rings is 1. The second kappa shape index (κ2) is 24.0. The molecule has 9 rings (SSSR count). The van der Waals surface area contributed by atoms with Crippen LogP contribution in [0.2, 0.25) is 0 Å². The monoisotopic (exact) mass is 975 g/mol. The number of aromatic nitrogens is 1. The zero-order valence-electron chi connectivity index (χ0n) is 41.2. The van der Waals surface area contributed by atoms with Gasteiger partial charge in [0.25, 0.3) is 0 Å². The molecule has 71 heavy (non-hydrogen) atoms. The van der Waals surface area contributed by atoms with Crippen LogP contribution in [0.5, 0.6) is 17.4 Å². The topological polar surface area (TPSA) is 212 Å². The first kappa shape index (κ1) is 52.9. The number of hydrogen-bond donors (Lipinski definition) is 7. The summed E-state index contributed by atoms with van der Waals surface area (Å²) in [5.41, 5.74) is 3.37. The minimum atomic E-state index is -1.02. The molecule has 5 heterocycles. The maximum Gasteiger partial charge on any atom is 0.358 e. The molecule has 0 unspecified atom stereocenters. The Morgan fingerprint density at radius 3 is 1.82 bits per heavy atom. The fourth-order valence-electron chi connectivity index (χ4n) is 9.58. The number of likely N-dealkylation sites (tertiary alicyclic amines) is 1. The summed E-state index contributed by atoms with van der Waals surface area (Å²) in [4.78, 5) is 30.5. The first-order valence-corrected chi connectivity index (χ1v) is 24.7. The second-order valence-electron chi connectivity index (χ2n) is 19.7. The molecule has 5 aromatic rings. The normalized spacial score (nSPS) is 17.9. The Labute approximate surface area is 416 Å². The van der Waals surface area contributed by atoms with Crippen LogP contribution < -0.4 is 20.1 Å². The number of nitrogens with one attached hydrogen (secondary N) is 2. The number of fused-ring (bicyclic) bond motifs is 2. The van der Waals surface area contributed by atoms with Crippen LogP contribution in [-0.4, -0.2) is 98.8 Å². The van der Waals surface area contributed by atoms with Crippen LogP contribution in [0.1, 0.15) is 115 Å². The highest BCUT2D eigenvalue weighted by Crippen LogP contribution is 2.43. The summed E-state index contributed by atoms with van der Waals surface area (Å²) in [6.45, 7) is 11.3. The first-order chi connectivity index (χ1) is 34.1. The van der Waals surface area contributed by atoms with E-state index in [9.17, 15) is 35.1 Å². The van der Waals surface area contributed by atoms with Gasteiger partial charge in [0.1, 0.15) is 35.9 Å². The maximum absolute atomic E-state index is 12.2. The standard InChI is InChI=1S/C19H29NO5.C19H23NO3.C18H18N2O3/c1-18(2,3)25-17(23)6-9-20-10-7-19(24,8-11-20)16-5-4-15(22)12-14(16)13-21;21-13-16-12-17(23-14-15-4-2-1-3-5-15)6-7-18(16)19(22)8-10-20-11-9-19;21-17-16-14(18(23-17)8-10-19-11-9-18)6-7-15(20-16)22-12-13-4-2-1-3-5-13/h4-5,12,21-22,24H,6-11,13H2,1-3H3;1-7,12,20-22H,8-11,13-14H2;1-7,19H,8-12H2. The van der Waals surface area contributed by atoms with Gasteiger partial charge in [0.15, 0.2) is 5.69 Å². The molecule has 380 valence electrons. The average Bonchev–Trinajstić information content (AvgIpc) is 3.64. The number of piperidine rings is 3. The van der Waals surface area contributed by atoms with Gasteiger partial charge in [0, 0.05) is 44.1 Å². The molecule has 3 fully saturated rings. The quantitative estimate of drug-likeness (QED) is 0.0617. The van der Waals surface area contributed by atoms with Crippen LogP contribution in [-0.2, 0) is 57.5 Å². The van der Waals surface area contributed by atoms with Crippen LogP contribution in [0.25, 0.3) is 0 Å². The summed E-state index contributed by atoms with van der Waals surface area (Å²) in [6, 6.07) is 33.9. The van der Waals surface area contributed by atoms with E-state index in [1.807, 2.05) is 112 Å². The Morgan fingerprint density at radius 1 is 0.690 bits per heavy atom. The Balaban J connectivity index is 0.000000157. The van der Waals surface area contributed by atoms with Crippen molar-refractivity contribution in [3.8, 4) is 17.4 Å². The van der Waals surface area contributed by atoms with Crippen molar-refractivity contribution in [3.63, 3.8) is 0 Å². The Hall–Kier alpha value is -5.91. The highest BCUT2D eigenvalue weighted by Gasteiger charge is 2.47. The third-order valence-corrected chi connectivity index (χ3v) is 13.4. The Morgan fingerprint density at radius 2 is 1.23 bits per heavy atom. The van der Waals surface area contributed by atoms with E-state index in [0.717, 1.165) is 66.8 Å². The number of benzene rings is 4. The van der Waals surface area contributed by atoms with Crippen molar-refractivity contribution < 1.29 is 54.1 Å². The summed E-state index contributed by atoms with van der Waals surface area (Å²) in [5.74, 6) is 0.683. The van der Waals surface area contributed by atoms with Crippen molar-refractivity contribution >= 4 is 11.9 Å². The van der Waals surface area contributed by atoms with E-state index in [1.54, 1.807) is 6.07 Å².